The molecule has 0 aromatic heterocycles. The molecule has 86 valence electrons. The second-order valence-corrected chi connectivity index (χ2v) is 3.90. The van der Waals surface area contributed by atoms with Crippen molar-refractivity contribution >= 4 is 17.7 Å². The van der Waals surface area contributed by atoms with Gasteiger partial charge in [0.15, 0.2) is 0 Å². The van der Waals surface area contributed by atoms with Gasteiger partial charge in [0, 0.05) is 10.6 Å². The summed E-state index contributed by atoms with van der Waals surface area (Å²) in [6, 6.07) is 7.29. The second-order valence-electron chi connectivity index (χ2n) is 3.47. The van der Waals surface area contributed by atoms with Crippen LogP contribution in [-0.2, 0) is 4.74 Å². The summed E-state index contributed by atoms with van der Waals surface area (Å²) >= 11 is 5.88. The van der Waals surface area contributed by atoms with E-state index in [1.165, 1.54) is 0 Å². The third-order valence-electron chi connectivity index (χ3n) is 2.27. The summed E-state index contributed by atoms with van der Waals surface area (Å²) in [7, 11) is 0. The first-order valence-electron chi connectivity index (χ1n) is 5.05. The second kappa shape index (κ2) is 5.05. The molecule has 4 heteroatoms. The van der Waals surface area contributed by atoms with Gasteiger partial charge in [0.25, 0.3) is 0 Å². The number of rotatable bonds is 3. The Balaban J connectivity index is 2.32. The average molecular weight is 248 g/mol. The number of fused-ring (bicyclic) bond motifs is 1. The average Bonchev–Trinajstić information content (AvgIpc) is 2.35. The molecule has 0 fully saturated rings. The van der Waals surface area contributed by atoms with Crippen LogP contribution in [0.4, 0.5) is 0 Å². The van der Waals surface area contributed by atoms with Crippen LogP contribution >= 0.6 is 11.6 Å². The molecule has 0 saturated heterocycles. The van der Waals surface area contributed by atoms with Gasteiger partial charge in [-0.25, -0.2) is 0 Å². The van der Waals surface area contributed by atoms with Gasteiger partial charge in [0.2, 0.25) is 6.29 Å². The highest BCUT2D eigenvalue weighted by atomic mass is 35.5. The van der Waals surface area contributed by atoms with E-state index in [1.54, 1.807) is 30.4 Å². The van der Waals surface area contributed by atoms with Gasteiger partial charge < -0.3 is 9.47 Å². The van der Waals surface area contributed by atoms with Crippen LogP contribution in [0.1, 0.15) is 5.56 Å². The van der Waals surface area contributed by atoms with Crippen LogP contribution in [0.2, 0.25) is 5.02 Å². The van der Waals surface area contributed by atoms with Crippen molar-refractivity contribution in [2.24, 2.45) is 0 Å². The Hall–Kier alpha value is -1.76. The van der Waals surface area contributed by atoms with E-state index >= 15 is 0 Å². The zero-order chi connectivity index (χ0) is 12.3. The molecule has 1 unspecified atom stereocenters. The minimum Gasteiger partial charge on any atom is -0.459 e. The van der Waals surface area contributed by atoms with E-state index in [1.807, 2.05) is 0 Å². The Morgan fingerprint density at radius 1 is 1.59 bits per heavy atom. The van der Waals surface area contributed by atoms with E-state index in [-0.39, 0.29) is 0 Å². The minimum absolute atomic E-state index is 0.326. The first-order chi connectivity index (χ1) is 8.24. The van der Waals surface area contributed by atoms with Crippen LogP contribution in [0.3, 0.4) is 0 Å². The first-order valence-corrected chi connectivity index (χ1v) is 5.43. The van der Waals surface area contributed by atoms with E-state index in [0.717, 1.165) is 5.56 Å². The maximum atomic E-state index is 9.02. The van der Waals surface area contributed by atoms with E-state index in [0.29, 0.717) is 23.0 Å². The lowest BCUT2D eigenvalue weighted by atomic mass is 10.1. The molecule has 17 heavy (non-hydrogen) atoms. The van der Waals surface area contributed by atoms with E-state index in [2.05, 4.69) is 12.6 Å². The molecule has 1 aromatic carbocycles. The minimum atomic E-state index is -0.674. The molecule has 1 aliphatic heterocycles. The first kappa shape index (κ1) is 11.7. The van der Waals surface area contributed by atoms with Crippen LogP contribution in [0.5, 0.6) is 5.75 Å². The third kappa shape index (κ3) is 2.50. The van der Waals surface area contributed by atoms with Crippen molar-refractivity contribution in [1.82, 2.24) is 0 Å². The zero-order valence-corrected chi connectivity index (χ0v) is 9.78. The Labute approximate surface area is 105 Å². The highest BCUT2D eigenvalue weighted by molar-refractivity contribution is 6.30. The van der Waals surface area contributed by atoms with Gasteiger partial charge in [-0.1, -0.05) is 17.7 Å². The molecule has 0 radical (unpaired) electrons. The lowest BCUT2D eigenvalue weighted by Gasteiger charge is -2.23. The van der Waals surface area contributed by atoms with Crippen molar-refractivity contribution in [3.63, 3.8) is 0 Å². The topological polar surface area (TPSA) is 42.2 Å². The molecule has 1 aromatic rings. The zero-order valence-electron chi connectivity index (χ0n) is 9.02. The number of hydrogen-bond acceptors (Lipinski definition) is 3. The van der Waals surface area contributed by atoms with Crippen molar-refractivity contribution in [3.8, 4) is 11.8 Å². The van der Waals surface area contributed by atoms with Gasteiger partial charge in [-0.2, -0.15) is 5.26 Å². The molecule has 2 rings (SSSR count). The van der Waals surface area contributed by atoms with E-state index < -0.39 is 6.29 Å². The normalized spacial score (nSPS) is 17.4. The SMILES string of the molecule is C=CCOC1Oc2ccc(Cl)cc2C=C1C#N. The molecule has 0 N–H and O–H groups in total. The van der Waals surface area contributed by atoms with Gasteiger partial charge in [0.1, 0.15) is 11.8 Å². The smallest absolute Gasteiger partial charge is 0.236 e. The number of benzene rings is 1. The Kier molecular flexibility index (Phi) is 3.48. The van der Waals surface area contributed by atoms with Crippen molar-refractivity contribution < 1.29 is 9.47 Å². The molecule has 0 bridgehead atoms. The van der Waals surface area contributed by atoms with Gasteiger partial charge in [-0.15, -0.1) is 6.58 Å². The standard InChI is InChI=1S/C13H10ClNO2/c1-2-5-16-13-10(8-15)6-9-7-11(14)3-4-12(9)17-13/h2-4,6-7,13H,1,5H2. The Morgan fingerprint density at radius 3 is 3.12 bits per heavy atom. The fourth-order valence-electron chi connectivity index (χ4n) is 1.52. The molecule has 3 nitrogen and oxygen atoms in total. The van der Waals surface area contributed by atoms with Gasteiger partial charge >= 0.3 is 0 Å². The maximum absolute atomic E-state index is 9.02. The molecule has 1 aliphatic rings. The summed E-state index contributed by atoms with van der Waals surface area (Å²) in [6.45, 7) is 3.88. The molecule has 1 atom stereocenters. The quantitative estimate of drug-likeness (QED) is 0.771. The van der Waals surface area contributed by atoms with Crippen LogP contribution in [0, 0.1) is 11.3 Å². The number of hydrogen-bond donors (Lipinski definition) is 0. The third-order valence-corrected chi connectivity index (χ3v) is 2.50. The highest BCUT2D eigenvalue weighted by Gasteiger charge is 2.23. The Morgan fingerprint density at radius 2 is 2.41 bits per heavy atom. The highest BCUT2D eigenvalue weighted by Crippen LogP contribution is 2.31. The maximum Gasteiger partial charge on any atom is 0.236 e. The summed E-state index contributed by atoms with van der Waals surface area (Å²) < 4.78 is 10.9. The summed E-state index contributed by atoms with van der Waals surface area (Å²) in [4.78, 5) is 0. The molecule has 0 spiro atoms. The molecule has 0 amide bonds. The molecular formula is C13H10ClNO2. The largest absolute Gasteiger partial charge is 0.459 e. The fourth-order valence-corrected chi connectivity index (χ4v) is 1.70. The van der Waals surface area contributed by atoms with Crippen molar-refractivity contribution in [2.75, 3.05) is 6.61 Å². The lowest BCUT2D eigenvalue weighted by Crippen LogP contribution is -2.25. The van der Waals surface area contributed by atoms with Crippen molar-refractivity contribution in [3.05, 3.63) is 47.0 Å². The van der Waals surface area contributed by atoms with Gasteiger partial charge in [-0.3, -0.25) is 0 Å². The number of nitrogens with zero attached hydrogens (tertiary/aromatic N) is 1. The molecule has 0 saturated carbocycles. The number of ether oxygens (including phenoxy) is 2. The van der Waals surface area contributed by atoms with Gasteiger partial charge in [0.05, 0.1) is 12.2 Å². The van der Waals surface area contributed by atoms with Crippen LogP contribution in [-0.4, -0.2) is 12.9 Å². The Bertz CT molecular complexity index is 517. The van der Waals surface area contributed by atoms with Crippen LogP contribution in [0.15, 0.2) is 36.4 Å². The number of nitriles is 1. The fraction of sp³-hybridized carbons (Fsp3) is 0.154. The molecule has 1 heterocycles. The van der Waals surface area contributed by atoms with Crippen molar-refractivity contribution in [1.29, 1.82) is 5.26 Å². The number of halogens is 1. The van der Waals surface area contributed by atoms with E-state index in [4.69, 9.17) is 26.3 Å². The van der Waals surface area contributed by atoms with E-state index in [9.17, 15) is 0 Å². The summed E-state index contributed by atoms with van der Waals surface area (Å²) in [5.74, 6) is 0.655. The van der Waals surface area contributed by atoms with Crippen LogP contribution in [0.25, 0.3) is 6.08 Å². The van der Waals surface area contributed by atoms with Gasteiger partial charge in [-0.05, 0) is 24.3 Å². The summed E-state index contributed by atoms with van der Waals surface area (Å²) in [5, 5.41) is 9.62. The monoisotopic (exact) mass is 247 g/mol. The van der Waals surface area contributed by atoms with Crippen molar-refractivity contribution in [2.45, 2.75) is 6.29 Å². The molecular weight excluding hydrogens is 238 g/mol. The summed E-state index contributed by atoms with van der Waals surface area (Å²) in [6.07, 6.45) is 2.65. The molecule has 0 aliphatic carbocycles. The van der Waals surface area contributed by atoms with Crippen LogP contribution < -0.4 is 4.74 Å². The predicted molar refractivity (Wildman–Crippen MR) is 65.6 cm³/mol. The summed E-state index contributed by atoms with van der Waals surface area (Å²) in [5.41, 5.74) is 1.20. The lowest BCUT2D eigenvalue weighted by molar-refractivity contribution is -0.0399. The predicted octanol–water partition coefficient (Wildman–Crippen LogP) is 3.17.